The summed E-state index contributed by atoms with van der Waals surface area (Å²) in [5.74, 6) is -0.00789. The number of hydrogen-bond acceptors (Lipinski definition) is 4. The lowest BCUT2D eigenvalue weighted by Gasteiger charge is -2.21. The van der Waals surface area contributed by atoms with Gasteiger partial charge in [0.05, 0.1) is 30.1 Å². The summed E-state index contributed by atoms with van der Waals surface area (Å²) in [5.41, 5.74) is 6.34. The van der Waals surface area contributed by atoms with Crippen LogP contribution in [-0.4, -0.2) is 21.0 Å². The highest BCUT2D eigenvalue weighted by Gasteiger charge is 2.22. The highest BCUT2D eigenvalue weighted by Crippen LogP contribution is 2.33. The molecule has 0 spiro atoms. The van der Waals surface area contributed by atoms with Gasteiger partial charge in [0.2, 0.25) is 5.91 Å². The van der Waals surface area contributed by atoms with E-state index in [9.17, 15) is 14.3 Å². The molecule has 0 radical (unpaired) electrons. The molecule has 1 aliphatic carbocycles. The molecular formula is C24H24FN3O2. The monoisotopic (exact) mass is 405 g/mol. The topological polar surface area (TPSA) is 75.1 Å². The summed E-state index contributed by atoms with van der Waals surface area (Å²) in [4.78, 5) is 22.2. The van der Waals surface area contributed by atoms with Crippen LogP contribution in [-0.2, 0) is 37.1 Å². The summed E-state index contributed by atoms with van der Waals surface area (Å²) in [5, 5.41) is 12.3. The van der Waals surface area contributed by atoms with Crippen LogP contribution in [0.25, 0.3) is 11.3 Å². The van der Waals surface area contributed by atoms with Crippen LogP contribution in [0.4, 0.5) is 10.2 Å². The zero-order valence-electron chi connectivity index (χ0n) is 16.9. The lowest BCUT2D eigenvalue weighted by Crippen LogP contribution is -2.20. The van der Waals surface area contributed by atoms with Crippen molar-refractivity contribution in [2.75, 3.05) is 5.32 Å². The number of carbonyl (C=O) groups excluding carboxylic acids is 1. The first-order chi connectivity index (χ1) is 14.6. The van der Waals surface area contributed by atoms with Crippen molar-refractivity contribution in [1.82, 2.24) is 9.97 Å². The normalized spacial score (nSPS) is 12.2. The van der Waals surface area contributed by atoms with Gasteiger partial charge in [-0.25, -0.2) is 14.4 Å². The minimum Gasteiger partial charge on any atom is -0.392 e. The van der Waals surface area contributed by atoms with Crippen molar-refractivity contribution < 1.29 is 14.3 Å². The number of rotatable bonds is 6. The molecule has 6 heteroatoms. The Hall–Kier alpha value is -3.12. The average Bonchev–Trinajstić information content (AvgIpc) is 2.75. The van der Waals surface area contributed by atoms with E-state index in [-0.39, 0.29) is 24.8 Å². The molecule has 1 heterocycles. The predicted octanol–water partition coefficient (Wildman–Crippen LogP) is 4.01. The predicted molar refractivity (Wildman–Crippen MR) is 114 cm³/mol. The molecule has 30 heavy (non-hydrogen) atoms. The third-order valence-electron chi connectivity index (χ3n) is 5.30. The largest absolute Gasteiger partial charge is 0.392 e. The summed E-state index contributed by atoms with van der Waals surface area (Å²) in [6.07, 6.45) is 3.29. The first kappa shape index (κ1) is 20.2. The van der Waals surface area contributed by atoms with Crippen LogP contribution in [0.1, 0.15) is 41.4 Å². The van der Waals surface area contributed by atoms with Gasteiger partial charge in [0.25, 0.3) is 0 Å². The molecule has 1 aliphatic rings. The van der Waals surface area contributed by atoms with E-state index in [2.05, 4.69) is 12.2 Å². The van der Waals surface area contributed by atoms with Crippen LogP contribution in [0, 0.1) is 5.82 Å². The van der Waals surface area contributed by atoms with Gasteiger partial charge >= 0.3 is 0 Å². The number of benzene rings is 2. The summed E-state index contributed by atoms with van der Waals surface area (Å²) in [7, 11) is 0. The molecule has 0 saturated heterocycles. The fraction of sp³-hybridized carbons (Fsp3) is 0.292. The Labute approximate surface area is 175 Å². The maximum atomic E-state index is 13.1. The molecule has 1 amide bonds. The second kappa shape index (κ2) is 8.71. The summed E-state index contributed by atoms with van der Waals surface area (Å²) >= 11 is 0. The van der Waals surface area contributed by atoms with E-state index in [1.165, 1.54) is 17.7 Å². The number of amides is 1. The Balaban J connectivity index is 1.62. The molecule has 0 atom stereocenters. The summed E-state index contributed by atoms with van der Waals surface area (Å²) in [6, 6.07) is 11.9. The number of hydrogen-bond donors (Lipinski definition) is 2. The van der Waals surface area contributed by atoms with Gasteiger partial charge in [0.15, 0.2) is 5.82 Å². The zero-order chi connectivity index (χ0) is 21.1. The molecule has 4 rings (SSSR count). The van der Waals surface area contributed by atoms with Crippen LogP contribution in [0.3, 0.4) is 0 Å². The van der Waals surface area contributed by atoms with Crippen molar-refractivity contribution in [2.24, 2.45) is 0 Å². The molecule has 3 aromatic rings. The van der Waals surface area contributed by atoms with Crippen molar-refractivity contribution in [2.45, 2.75) is 45.6 Å². The third-order valence-corrected chi connectivity index (χ3v) is 5.30. The van der Waals surface area contributed by atoms with E-state index in [1.807, 2.05) is 18.2 Å². The minimum absolute atomic E-state index is 0.0198. The summed E-state index contributed by atoms with van der Waals surface area (Å²) in [6.45, 7) is 2.08. The number of nitrogens with one attached hydrogen (secondary N) is 1. The maximum absolute atomic E-state index is 13.1. The van der Waals surface area contributed by atoms with Gasteiger partial charge < -0.3 is 10.4 Å². The molecule has 0 aliphatic heterocycles. The Morgan fingerprint density at radius 1 is 1.10 bits per heavy atom. The van der Waals surface area contributed by atoms with Gasteiger partial charge in [-0.1, -0.05) is 43.7 Å². The molecule has 0 fully saturated rings. The van der Waals surface area contributed by atoms with Gasteiger partial charge in [0, 0.05) is 5.56 Å². The first-order valence-corrected chi connectivity index (χ1v) is 10.2. The number of nitrogens with zero attached hydrogens (tertiary/aromatic N) is 2. The second-order valence-electron chi connectivity index (χ2n) is 7.57. The van der Waals surface area contributed by atoms with Crippen molar-refractivity contribution in [3.63, 3.8) is 0 Å². The molecule has 154 valence electrons. The van der Waals surface area contributed by atoms with Crippen LogP contribution < -0.4 is 5.32 Å². The van der Waals surface area contributed by atoms with Crippen LogP contribution in [0.5, 0.6) is 0 Å². The Bertz CT molecular complexity index is 1080. The molecule has 2 aromatic carbocycles. The van der Waals surface area contributed by atoms with Gasteiger partial charge in [0.1, 0.15) is 5.82 Å². The maximum Gasteiger partial charge on any atom is 0.229 e. The van der Waals surface area contributed by atoms with Crippen molar-refractivity contribution >= 4 is 11.7 Å². The van der Waals surface area contributed by atoms with E-state index in [1.54, 1.807) is 12.1 Å². The van der Waals surface area contributed by atoms with Crippen LogP contribution in [0.15, 0.2) is 42.5 Å². The average molecular weight is 405 g/mol. The van der Waals surface area contributed by atoms with E-state index >= 15 is 0 Å². The molecule has 0 unspecified atom stereocenters. The molecular weight excluding hydrogens is 381 g/mol. The second-order valence-corrected chi connectivity index (χ2v) is 7.57. The minimum atomic E-state index is -0.323. The van der Waals surface area contributed by atoms with E-state index in [4.69, 9.17) is 9.97 Å². The van der Waals surface area contributed by atoms with E-state index in [0.717, 1.165) is 53.0 Å². The van der Waals surface area contributed by atoms with Crippen molar-refractivity contribution in [1.29, 1.82) is 0 Å². The van der Waals surface area contributed by atoms with Gasteiger partial charge in [-0.3, -0.25) is 4.79 Å². The third kappa shape index (κ3) is 4.24. The molecule has 0 bridgehead atoms. The highest BCUT2D eigenvalue weighted by molar-refractivity contribution is 5.92. The Kier molecular flexibility index (Phi) is 5.86. The Morgan fingerprint density at radius 2 is 1.87 bits per heavy atom. The van der Waals surface area contributed by atoms with Gasteiger partial charge in [-0.15, -0.1) is 0 Å². The van der Waals surface area contributed by atoms with Crippen molar-refractivity contribution in [3.8, 4) is 11.3 Å². The zero-order valence-corrected chi connectivity index (χ0v) is 16.9. The lowest BCUT2D eigenvalue weighted by molar-refractivity contribution is -0.115. The number of halogens is 1. The fourth-order valence-corrected chi connectivity index (χ4v) is 3.81. The van der Waals surface area contributed by atoms with Gasteiger partial charge in [-0.05, 0) is 48.1 Å². The Morgan fingerprint density at radius 3 is 2.60 bits per heavy atom. The molecule has 0 saturated carbocycles. The van der Waals surface area contributed by atoms with Crippen LogP contribution in [0.2, 0.25) is 0 Å². The number of carbonyl (C=O) groups is 1. The lowest BCUT2D eigenvalue weighted by atomic mass is 9.90. The van der Waals surface area contributed by atoms with Gasteiger partial charge in [-0.2, -0.15) is 0 Å². The van der Waals surface area contributed by atoms with E-state index < -0.39 is 0 Å². The number of aryl methyl sites for hydroxylation is 3. The number of aliphatic hydroxyl groups is 1. The molecule has 1 aromatic heterocycles. The fourth-order valence-electron chi connectivity index (χ4n) is 3.81. The van der Waals surface area contributed by atoms with Crippen LogP contribution >= 0.6 is 0 Å². The highest BCUT2D eigenvalue weighted by atomic mass is 19.1. The SMILES string of the molecule is CCCc1nc2c(nc1NC(=O)Cc1ccc(F)cc1)CCc1cc(CO)ccc1-2. The number of aromatic nitrogens is 2. The van der Waals surface area contributed by atoms with Crippen molar-refractivity contribution in [3.05, 3.63) is 76.4 Å². The number of aliphatic hydroxyl groups excluding tert-OH is 1. The first-order valence-electron chi connectivity index (χ1n) is 10.2. The number of anilines is 1. The summed E-state index contributed by atoms with van der Waals surface area (Å²) < 4.78 is 13.1. The quantitative estimate of drug-likeness (QED) is 0.650. The van der Waals surface area contributed by atoms with E-state index in [0.29, 0.717) is 12.2 Å². The number of fused-ring (bicyclic) bond motifs is 3. The standard InChI is InChI=1S/C24H24FN3O2/c1-2-3-21-24(28-22(30)13-15-4-8-18(25)9-5-15)27-20-11-7-17-12-16(14-29)6-10-19(17)23(20)26-21/h4-6,8-10,12,29H,2-3,7,11,13-14H2,1H3,(H,27,28,30). The molecule has 5 nitrogen and oxygen atoms in total. The smallest absolute Gasteiger partial charge is 0.229 e. The molecule has 2 N–H and O–H groups in total.